The molecule has 0 saturated carbocycles. The molecule has 0 bridgehead atoms. The van der Waals surface area contributed by atoms with E-state index in [1.54, 1.807) is 30.3 Å². The molecule has 1 fully saturated rings. The molecule has 2 amide bonds. The third-order valence-electron chi connectivity index (χ3n) is 3.95. The number of nitrogens with one attached hydrogen (secondary N) is 1. The van der Waals surface area contributed by atoms with Crippen LogP contribution < -0.4 is 15.0 Å². The van der Waals surface area contributed by atoms with Crippen molar-refractivity contribution in [3.63, 3.8) is 0 Å². The highest BCUT2D eigenvalue weighted by molar-refractivity contribution is 7.80. The summed E-state index contributed by atoms with van der Waals surface area (Å²) in [6.07, 6.45) is 1.45. The van der Waals surface area contributed by atoms with E-state index in [-0.39, 0.29) is 10.7 Å². The predicted octanol–water partition coefficient (Wildman–Crippen LogP) is 3.49. The summed E-state index contributed by atoms with van der Waals surface area (Å²) < 4.78 is 5.28. The van der Waals surface area contributed by atoms with Gasteiger partial charge in [-0.1, -0.05) is 29.8 Å². The maximum absolute atomic E-state index is 13.0. The van der Waals surface area contributed by atoms with Crippen LogP contribution >= 0.6 is 23.8 Å². The van der Waals surface area contributed by atoms with Crippen LogP contribution in [0.2, 0.25) is 5.02 Å². The van der Waals surface area contributed by atoms with Crippen molar-refractivity contribution in [3.05, 3.63) is 64.2 Å². The van der Waals surface area contributed by atoms with Crippen LogP contribution in [-0.2, 0) is 9.59 Å². The number of methoxy groups -OCH3 is 1. The molecule has 1 N–H and O–H groups in total. The Balaban J connectivity index is 2.09. The molecule has 3 rings (SSSR count). The zero-order valence-electron chi connectivity index (χ0n) is 14.1. The van der Waals surface area contributed by atoms with Crippen molar-refractivity contribution in [2.45, 2.75) is 6.92 Å². The van der Waals surface area contributed by atoms with Crippen LogP contribution in [0.3, 0.4) is 0 Å². The number of anilines is 1. The van der Waals surface area contributed by atoms with E-state index in [0.717, 1.165) is 5.56 Å². The highest BCUT2D eigenvalue weighted by Gasteiger charge is 2.35. The summed E-state index contributed by atoms with van der Waals surface area (Å²) in [5, 5.41) is 3.07. The first-order valence-electron chi connectivity index (χ1n) is 7.73. The van der Waals surface area contributed by atoms with Crippen LogP contribution in [-0.4, -0.2) is 24.0 Å². The van der Waals surface area contributed by atoms with E-state index in [2.05, 4.69) is 5.32 Å². The number of aryl methyl sites for hydroxylation is 1. The van der Waals surface area contributed by atoms with E-state index in [1.165, 1.54) is 18.1 Å². The first-order chi connectivity index (χ1) is 12.4. The number of amides is 2. The molecule has 0 aliphatic carbocycles. The van der Waals surface area contributed by atoms with Crippen molar-refractivity contribution in [2.24, 2.45) is 0 Å². The van der Waals surface area contributed by atoms with Crippen molar-refractivity contribution in [1.29, 1.82) is 0 Å². The summed E-state index contributed by atoms with van der Waals surface area (Å²) in [5.74, 6) is -0.569. The Bertz CT molecular complexity index is 956. The Kier molecular flexibility index (Phi) is 5.06. The number of carbonyl (C=O) groups excluding carboxylic acids is 2. The first-order valence-corrected chi connectivity index (χ1v) is 8.51. The summed E-state index contributed by atoms with van der Waals surface area (Å²) in [6.45, 7) is 1.87. The Hall–Kier alpha value is -2.70. The fraction of sp³-hybridized carbons (Fsp3) is 0.105. The molecule has 1 heterocycles. The van der Waals surface area contributed by atoms with Crippen LogP contribution in [0.4, 0.5) is 5.69 Å². The summed E-state index contributed by atoms with van der Waals surface area (Å²) in [6, 6.07) is 12.3. The van der Waals surface area contributed by atoms with Crippen molar-refractivity contribution < 1.29 is 14.3 Å². The molecular weight excluding hydrogens is 372 g/mol. The van der Waals surface area contributed by atoms with Crippen molar-refractivity contribution in [2.75, 3.05) is 12.0 Å². The standard InChI is InChI=1S/C19H15ClN2O3S/c1-11-5-3-4-6-15(11)22-18(24)14(17(23)21-19(22)26)10-12-9-13(20)7-8-16(12)25-2/h3-10H,1-2H3,(H,21,23,26)/b14-10+. The van der Waals surface area contributed by atoms with Gasteiger partial charge < -0.3 is 4.74 Å². The molecule has 1 aliphatic rings. The van der Waals surface area contributed by atoms with Gasteiger partial charge in [-0.15, -0.1) is 0 Å². The minimum absolute atomic E-state index is 0.0458. The Morgan fingerprint density at radius 3 is 2.62 bits per heavy atom. The molecule has 7 heteroatoms. The van der Waals surface area contributed by atoms with E-state index in [0.29, 0.717) is 22.0 Å². The number of nitrogens with zero attached hydrogens (tertiary/aromatic N) is 1. The fourth-order valence-electron chi connectivity index (χ4n) is 2.66. The van der Waals surface area contributed by atoms with E-state index >= 15 is 0 Å². The molecule has 1 aliphatic heterocycles. The van der Waals surface area contributed by atoms with Gasteiger partial charge in [-0.25, -0.2) is 0 Å². The first kappa shape index (κ1) is 18.1. The molecular formula is C19H15ClN2O3S. The van der Waals surface area contributed by atoms with E-state index in [9.17, 15) is 9.59 Å². The predicted molar refractivity (Wildman–Crippen MR) is 105 cm³/mol. The van der Waals surface area contributed by atoms with Crippen LogP contribution in [0, 0.1) is 6.92 Å². The third-order valence-corrected chi connectivity index (χ3v) is 4.47. The van der Waals surface area contributed by atoms with Crippen LogP contribution in [0.15, 0.2) is 48.0 Å². The lowest BCUT2D eigenvalue weighted by atomic mass is 10.1. The zero-order valence-corrected chi connectivity index (χ0v) is 15.6. The molecule has 0 spiro atoms. The molecule has 0 unspecified atom stereocenters. The monoisotopic (exact) mass is 386 g/mol. The Morgan fingerprint density at radius 1 is 1.19 bits per heavy atom. The number of halogens is 1. The summed E-state index contributed by atoms with van der Waals surface area (Å²) in [7, 11) is 1.50. The van der Waals surface area contributed by atoms with Crippen LogP contribution in [0.5, 0.6) is 5.75 Å². The second-order valence-electron chi connectivity index (χ2n) is 5.63. The maximum Gasteiger partial charge on any atom is 0.270 e. The lowest BCUT2D eigenvalue weighted by Gasteiger charge is -2.30. The topological polar surface area (TPSA) is 58.6 Å². The number of hydrogen-bond acceptors (Lipinski definition) is 4. The smallest absolute Gasteiger partial charge is 0.270 e. The lowest BCUT2D eigenvalue weighted by molar-refractivity contribution is -0.122. The number of rotatable bonds is 3. The van der Waals surface area contributed by atoms with Gasteiger partial charge in [0.05, 0.1) is 12.8 Å². The maximum atomic E-state index is 13.0. The van der Waals surface area contributed by atoms with Crippen molar-refractivity contribution in [1.82, 2.24) is 5.32 Å². The fourth-order valence-corrected chi connectivity index (χ4v) is 3.12. The van der Waals surface area contributed by atoms with Crippen molar-refractivity contribution in [3.8, 4) is 5.75 Å². The molecule has 1 saturated heterocycles. The van der Waals surface area contributed by atoms with E-state index in [4.69, 9.17) is 28.6 Å². The van der Waals surface area contributed by atoms with Crippen molar-refractivity contribution >= 4 is 52.5 Å². The highest BCUT2D eigenvalue weighted by Crippen LogP contribution is 2.28. The van der Waals surface area contributed by atoms with Gasteiger partial charge in [0.25, 0.3) is 11.8 Å². The number of ether oxygens (including phenoxy) is 1. The number of hydrogen-bond donors (Lipinski definition) is 1. The van der Waals surface area contributed by atoms with Gasteiger partial charge in [-0.05, 0) is 55.0 Å². The molecule has 2 aromatic rings. The second kappa shape index (κ2) is 7.27. The number of thiocarbonyl (C=S) groups is 1. The second-order valence-corrected chi connectivity index (χ2v) is 6.45. The molecule has 2 aromatic carbocycles. The third kappa shape index (κ3) is 3.34. The zero-order chi connectivity index (χ0) is 18.8. The molecule has 0 radical (unpaired) electrons. The van der Waals surface area contributed by atoms with Crippen LogP contribution in [0.1, 0.15) is 11.1 Å². The minimum atomic E-state index is -0.563. The number of carbonyl (C=O) groups is 2. The van der Waals surface area contributed by atoms with Gasteiger partial charge in [0, 0.05) is 10.6 Å². The van der Waals surface area contributed by atoms with Gasteiger partial charge in [0.1, 0.15) is 11.3 Å². The normalized spacial score (nSPS) is 16.0. The highest BCUT2D eigenvalue weighted by atomic mass is 35.5. The van der Waals surface area contributed by atoms with Gasteiger partial charge in [0.2, 0.25) is 0 Å². The molecule has 0 atom stereocenters. The summed E-state index contributed by atoms with van der Waals surface area (Å²) in [4.78, 5) is 26.7. The summed E-state index contributed by atoms with van der Waals surface area (Å²) in [5.41, 5.74) is 1.95. The Morgan fingerprint density at radius 2 is 1.92 bits per heavy atom. The van der Waals surface area contributed by atoms with E-state index in [1.807, 2.05) is 19.1 Å². The largest absolute Gasteiger partial charge is 0.496 e. The molecule has 5 nitrogen and oxygen atoms in total. The average Bonchev–Trinajstić information content (AvgIpc) is 2.60. The SMILES string of the molecule is COc1ccc(Cl)cc1/C=C1\C(=O)NC(=S)N(c2ccccc2C)C1=O. The minimum Gasteiger partial charge on any atom is -0.496 e. The van der Waals surface area contributed by atoms with Crippen LogP contribution in [0.25, 0.3) is 6.08 Å². The average molecular weight is 387 g/mol. The molecule has 26 heavy (non-hydrogen) atoms. The summed E-state index contributed by atoms with van der Waals surface area (Å²) >= 11 is 11.2. The Labute approximate surface area is 161 Å². The molecule has 132 valence electrons. The quantitative estimate of drug-likeness (QED) is 0.498. The number of benzene rings is 2. The molecule has 0 aromatic heterocycles. The van der Waals surface area contributed by atoms with E-state index < -0.39 is 11.8 Å². The van der Waals surface area contributed by atoms with Gasteiger partial charge in [0.15, 0.2) is 5.11 Å². The van der Waals surface area contributed by atoms with Gasteiger partial charge in [-0.2, -0.15) is 0 Å². The van der Waals surface area contributed by atoms with Gasteiger partial charge >= 0.3 is 0 Å². The lowest BCUT2D eigenvalue weighted by Crippen LogP contribution is -2.54. The van der Waals surface area contributed by atoms with Gasteiger partial charge in [-0.3, -0.25) is 19.8 Å². The number of para-hydroxylation sites is 1.